The number of carbonyl (C=O) groups is 5. The summed E-state index contributed by atoms with van der Waals surface area (Å²) in [4.78, 5) is 63.2. The molecule has 2 unspecified atom stereocenters. The van der Waals surface area contributed by atoms with Crippen LogP contribution in [0.15, 0.2) is 18.2 Å². The van der Waals surface area contributed by atoms with Crippen LogP contribution in [0.1, 0.15) is 124 Å². The number of benzene rings is 1. The van der Waals surface area contributed by atoms with Crippen molar-refractivity contribution in [3.05, 3.63) is 29.3 Å². The van der Waals surface area contributed by atoms with Crippen molar-refractivity contribution in [3.63, 3.8) is 0 Å². The Hall–Kier alpha value is -3.23. The third kappa shape index (κ3) is 7.65. The fourth-order valence-corrected chi connectivity index (χ4v) is 5.30. The molecular formula is C29H42N4O5. The summed E-state index contributed by atoms with van der Waals surface area (Å²) in [5.74, 6) is -2.81. The molecule has 2 heterocycles. The lowest BCUT2D eigenvalue weighted by atomic mass is 10.0. The van der Waals surface area contributed by atoms with Gasteiger partial charge < -0.3 is 11.1 Å². The Morgan fingerprint density at radius 3 is 2.13 bits per heavy atom. The van der Waals surface area contributed by atoms with Gasteiger partial charge in [0.1, 0.15) is 12.1 Å². The summed E-state index contributed by atoms with van der Waals surface area (Å²) in [6.07, 6.45) is 15.2. The summed E-state index contributed by atoms with van der Waals surface area (Å²) in [5.41, 5.74) is 6.30. The summed E-state index contributed by atoms with van der Waals surface area (Å²) < 4.78 is 0. The summed E-state index contributed by atoms with van der Waals surface area (Å²) >= 11 is 0. The van der Waals surface area contributed by atoms with Gasteiger partial charge in [0.05, 0.1) is 11.1 Å². The highest BCUT2D eigenvalue weighted by Gasteiger charge is 2.45. The van der Waals surface area contributed by atoms with Gasteiger partial charge in [-0.25, -0.2) is 0 Å². The average molecular weight is 527 g/mol. The average Bonchev–Trinajstić information content (AvgIpc) is 3.14. The van der Waals surface area contributed by atoms with E-state index in [1.165, 1.54) is 63.9 Å². The van der Waals surface area contributed by atoms with Crippen molar-refractivity contribution in [2.75, 3.05) is 5.32 Å². The van der Waals surface area contributed by atoms with Gasteiger partial charge in [-0.05, 0) is 25.0 Å². The third-order valence-electron chi connectivity index (χ3n) is 7.49. The highest BCUT2D eigenvalue weighted by Crippen LogP contribution is 2.33. The monoisotopic (exact) mass is 526 g/mol. The number of fused-ring (bicyclic) bond motifs is 1. The zero-order chi connectivity index (χ0) is 27.5. The Bertz CT molecular complexity index is 1020. The number of rotatable bonds is 17. The van der Waals surface area contributed by atoms with Gasteiger partial charge in [-0.1, -0.05) is 90.0 Å². The van der Waals surface area contributed by atoms with E-state index in [1.807, 2.05) is 0 Å². The Morgan fingerprint density at radius 2 is 1.55 bits per heavy atom. The van der Waals surface area contributed by atoms with Crippen LogP contribution in [0.3, 0.4) is 0 Å². The number of anilines is 1. The lowest BCUT2D eigenvalue weighted by Gasteiger charge is -2.28. The number of unbranched alkanes of at least 4 members (excludes halogenated alkanes) is 11. The number of carbonyl (C=O) groups excluding carboxylic acids is 5. The van der Waals surface area contributed by atoms with Crippen molar-refractivity contribution in [1.82, 2.24) is 10.2 Å². The molecule has 1 fully saturated rings. The molecular weight excluding hydrogens is 484 g/mol. The number of piperidine rings is 1. The highest BCUT2D eigenvalue weighted by molar-refractivity contribution is 6.25. The number of nitrogens with two attached hydrogens (primary N) is 1. The van der Waals surface area contributed by atoms with Crippen molar-refractivity contribution in [2.45, 2.75) is 115 Å². The van der Waals surface area contributed by atoms with Crippen molar-refractivity contribution in [2.24, 2.45) is 5.73 Å². The van der Waals surface area contributed by atoms with Crippen molar-refractivity contribution < 1.29 is 24.0 Å². The van der Waals surface area contributed by atoms with Crippen LogP contribution in [-0.4, -0.2) is 46.5 Å². The molecule has 2 aliphatic heterocycles. The maximum atomic E-state index is 13.3. The molecule has 2 atom stereocenters. The first kappa shape index (κ1) is 29.3. The lowest BCUT2D eigenvalue weighted by molar-refractivity contribution is -0.136. The van der Waals surface area contributed by atoms with Crippen LogP contribution >= 0.6 is 0 Å². The molecule has 1 saturated heterocycles. The minimum absolute atomic E-state index is 0.0533. The number of primary amides is 1. The predicted octanol–water partition coefficient (Wildman–Crippen LogP) is 4.44. The van der Waals surface area contributed by atoms with E-state index in [9.17, 15) is 24.0 Å². The summed E-state index contributed by atoms with van der Waals surface area (Å²) in [6, 6.07) is 3.06. The second-order valence-corrected chi connectivity index (χ2v) is 10.5. The van der Waals surface area contributed by atoms with Crippen LogP contribution < -0.4 is 16.4 Å². The van der Waals surface area contributed by atoms with E-state index in [-0.39, 0.29) is 24.0 Å². The quantitative estimate of drug-likeness (QED) is 0.203. The van der Waals surface area contributed by atoms with E-state index in [4.69, 9.17) is 5.73 Å². The van der Waals surface area contributed by atoms with Crippen LogP contribution in [0.25, 0.3) is 0 Å². The van der Waals surface area contributed by atoms with Crippen molar-refractivity contribution in [3.8, 4) is 0 Å². The van der Waals surface area contributed by atoms with Gasteiger partial charge in [0.25, 0.3) is 11.8 Å². The third-order valence-corrected chi connectivity index (χ3v) is 7.49. The maximum Gasteiger partial charge on any atom is 0.264 e. The largest absolute Gasteiger partial charge is 0.373 e. The predicted molar refractivity (Wildman–Crippen MR) is 145 cm³/mol. The number of amides is 5. The summed E-state index contributed by atoms with van der Waals surface area (Å²) in [7, 11) is 0. The fourth-order valence-electron chi connectivity index (χ4n) is 5.30. The van der Waals surface area contributed by atoms with Crippen LogP contribution in [0.5, 0.6) is 0 Å². The number of hydrogen-bond acceptors (Lipinski definition) is 6. The fraction of sp³-hybridized carbons (Fsp3) is 0.621. The van der Waals surface area contributed by atoms with Gasteiger partial charge in [-0.15, -0.1) is 0 Å². The second-order valence-electron chi connectivity index (χ2n) is 10.5. The molecule has 1 aromatic rings. The standard InChI is InChI=1S/C29H42N4O5/c1-2-3-4-5-6-7-8-9-10-11-12-13-16-22(26(30)35)31-21-17-14-15-20-25(21)29(38)33(28(20)37)23-18-19-24(34)32-27(23)36/h14-15,17,22-23,31H,2-13,16,18-19H2,1H3,(H2,30,35)(H,32,34,36). The Kier molecular flexibility index (Phi) is 11.3. The number of imide groups is 2. The highest BCUT2D eigenvalue weighted by atomic mass is 16.2. The van der Waals surface area contributed by atoms with Crippen LogP contribution in [-0.2, 0) is 14.4 Å². The van der Waals surface area contributed by atoms with E-state index in [0.717, 1.165) is 24.2 Å². The Balaban J connectivity index is 1.49. The Morgan fingerprint density at radius 1 is 0.947 bits per heavy atom. The van der Waals surface area contributed by atoms with Crippen LogP contribution in [0, 0.1) is 0 Å². The topological polar surface area (TPSA) is 139 Å². The zero-order valence-electron chi connectivity index (χ0n) is 22.6. The molecule has 2 aliphatic rings. The molecule has 0 saturated carbocycles. The first-order valence-corrected chi connectivity index (χ1v) is 14.3. The number of nitrogens with one attached hydrogen (secondary N) is 2. The maximum absolute atomic E-state index is 13.3. The molecule has 1 aromatic carbocycles. The zero-order valence-corrected chi connectivity index (χ0v) is 22.6. The van der Waals surface area contributed by atoms with E-state index in [1.54, 1.807) is 12.1 Å². The molecule has 0 spiro atoms. The van der Waals surface area contributed by atoms with Crippen LogP contribution in [0.4, 0.5) is 5.69 Å². The van der Waals surface area contributed by atoms with Gasteiger partial charge in [-0.3, -0.25) is 34.2 Å². The molecule has 3 rings (SSSR count). The molecule has 208 valence electrons. The minimum atomic E-state index is -1.04. The van der Waals surface area contributed by atoms with E-state index in [0.29, 0.717) is 12.1 Å². The summed E-state index contributed by atoms with van der Waals surface area (Å²) in [5, 5.41) is 5.27. The first-order valence-electron chi connectivity index (χ1n) is 14.3. The van der Waals surface area contributed by atoms with E-state index < -0.39 is 41.6 Å². The van der Waals surface area contributed by atoms with Gasteiger partial charge in [-0.2, -0.15) is 0 Å². The number of hydrogen-bond donors (Lipinski definition) is 3. The van der Waals surface area contributed by atoms with Gasteiger partial charge in [0.2, 0.25) is 17.7 Å². The molecule has 0 radical (unpaired) electrons. The van der Waals surface area contributed by atoms with Crippen LogP contribution in [0.2, 0.25) is 0 Å². The van der Waals surface area contributed by atoms with Crippen molar-refractivity contribution in [1.29, 1.82) is 0 Å². The second kappa shape index (κ2) is 14.6. The molecule has 0 aliphatic carbocycles. The molecule has 0 bridgehead atoms. The molecule has 9 nitrogen and oxygen atoms in total. The molecule has 9 heteroatoms. The Labute approximate surface area is 225 Å². The molecule has 38 heavy (non-hydrogen) atoms. The molecule has 0 aromatic heterocycles. The van der Waals surface area contributed by atoms with E-state index >= 15 is 0 Å². The van der Waals surface area contributed by atoms with Gasteiger partial charge in [0, 0.05) is 12.1 Å². The molecule has 5 amide bonds. The number of nitrogens with zero attached hydrogens (tertiary/aromatic N) is 1. The van der Waals surface area contributed by atoms with Gasteiger partial charge in [0.15, 0.2) is 0 Å². The van der Waals surface area contributed by atoms with Gasteiger partial charge >= 0.3 is 0 Å². The normalized spacial score (nSPS) is 17.9. The smallest absolute Gasteiger partial charge is 0.264 e. The SMILES string of the molecule is CCCCCCCCCCCCCCC(Nc1cccc2c1C(=O)N(C1CCC(=O)NC1=O)C2=O)C(N)=O. The molecule has 4 N–H and O–H groups in total. The first-order chi connectivity index (χ1) is 18.3. The van der Waals surface area contributed by atoms with Crippen molar-refractivity contribution >= 4 is 35.2 Å². The summed E-state index contributed by atoms with van der Waals surface area (Å²) in [6.45, 7) is 2.23. The minimum Gasteiger partial charge on any atom is -0.373 e. The van der Waals surface area contributed by atoms with E-state index in [2.05, 4.69) is 17.6 Å². The lowest BCUT2D eigenvalue weighted by Crippen LogP contribution is -2.54.